The van der Waals surface area contributed by atoms with Crippen LogP contribution in [0.25, 0.3) is 0 Å². The van der Waals surface area contributed by atoms with Crippen molar-refractivity contribution in [3.05, 3.63) is 46.3 Å². The van der Waals surface area contributed by atoms with Crippen LogP contribution < -0.4 is 0 Å². The van der Waals surface area contributed by atoms with E-state index in [4.69, 9.17) is 0 Å². The Kier molecular flexibility index (Phi) is 3.87. The van der Waals surface area contributed by atoms with E-state index in [0.29, 0.717) is 10.5 Å². The fraction of sp³-hybridized carbons (Fsp3) is 0.250. The molecule has 0 saturated heterocycles. The van der Waals surface area contributed by atoms with Gasteiger partial charge < -0.3 is 5.11 Å². The molecule has 1 heterocycles. The van der Waals surface area contributed by atoms with E-state index in [1.54, 1.807) is 43.2 Å². The van der Waals surface area contributed by atoms with Crippen LogP contribution in [0, 0.1) is 10.1 Å². The topological polar surface area (TPSA) is 81.2 Å². The van der Waals surface area contributed by atoms with E-state index in [-0.39, 0.29) is 5.69 Å². The molecule has 0 amide bonds. The van der Waals surface area contributed by atoms with Crippen LogP contribution in [0.4, 0.5) is 5.69 Å². The molecule has 0 aliphatic heterocycles. The zero-order chi connectivity index (χ0) is 14.0. The van der Waals surface area contributed by atoms with Crippen LogP contribution in [0.3, 0.4) is 0 Å². The van der Waals surface area contributed by atoms with Crippen molar-refractivity contribution in [1.29, 1.82) is 0 Å². The van der Waals surface area contributed by atoms with Crippen molar-refractivity contribution in [3.63, 3.8) is 0 Å². The van der Waals surface area contributed by atoms with Crippen molar-refractivity contribution in [2.75, 3.05) is 0 Å². The first kappa shape index (κ1) is 13.6. The molecule has 19 heavy (non-hydrogen) atoms. The van der Waals surface area contributed by atoms with Crippen LogP contribution in [0.2, 0.25) is 0 Å². The van der Waals surface area contributed by atoms with Crippen LogP contribution in [-0.4, -0.2) is 19.8 Å². The molecule has 0 unspecified atom stereocenters. The highest BCUT2D eigenvalue weighted by Gasteiger charge is 2.17. The lowest BCUT2D eigenvalue weighted by atomic mass is 10.1. The van der Waals surface area contributed by atoms with Crippen molar-refractivity contribution >= 4 is 17.4 Å². The molecule has 1 aromatic heterocycles. The average Bonchev–Trinajstić information content (AvgIpc) is 2.74. The highest BCUT2D eigenvalue weighted by molar-refractivity contribution is 7.99. The van der Waals surface area contributed by atoms with Gasteiger partial charge >= 0.3 is 0 Å². The fourth-order valence-electron chi connectivity index (χ4n) is 1.60. The maximum atomic E-state index is 11.1. The number of aryl methyl sites for hydroxylation is 1. The van der Waals surface area contributed by atoms with Crippen molar-refractivity contribution in [2.24, 2.45) is 7.05 Å². The van der Waals surface area contributed by atoms with Gasteiger partial charge in [-0.1, -0.05) is 17.8 Å². The summed E-state index contributed by atoms with van der Waals surface area (Å²) in [7, 11) is 1.79. The SMILES string of the molecule is C[C@@H](O)c1ccc(Sc2cnn(C)c2)c([N+](=O)[O-])c1. The molecule has 0 aliphatic rings. The third kappa shape index (κ3) is 3.12. The molecule has 1 N–H and O–H groups in total. The Morgan fingerprint density at radius 2 is 2.26 bits per heavy atom. The summed E-state index contributed by atoms with van der Waals surface area (Å²) in [6, 6.07) is 4.75. The summed E-state index contributed by atoms with van der Waals surface area (Å²) >= 11 is 1.28. The van der Waals surface area contributed by atoms with Crippen molar-refractivity contribution in [2.45, 2.75) is 22.8 Å². The number of benzene rings is 1. The van der Waals surface area contributed by atoms with Crippen LogP contribution in [0.15, 0.2) is 40.4 Å². The van der Waals surface area contributed by atoms with Gasteiger partial charge in [0.05, 0.1) is 27.0 Å². The average molecular weight is 279 g/mol. The molecule has 0 radical (unpaired) electrons. The second kappa shape index (κ2) is 5.41. The molecular formula is C12H13N3O3S. The minimum atomic E-state index is -0.726. The lowest BCUT2D eigenvalue weighted by molar-refractivity contribution is -0.387. The zero-order valence-electron chi connectivity index (χ0n) is 10.5. The van der Waals surface area contributed by atoms with E-state index in [9.17, 15) is 15.2 Å². The summed E-state index contributed by atoms with van der Waals surface area (Å²) in [6.07, 6.45) is 2.71. The predicted molar refractivity (Wildman–Crippen MR) is 71.1 cm³/mol. The number of hydrogen-bond donors (Lipinski definition) is 1. The van der Waals surface area contributed by atoms with Crippen LogP contribution in [-0.2, 0) is 7.05 Å². The number of rotatable bonds is 4. The summed E-state index contributed by atoms with van der Waals surface area (Å²) < 4.78 is 1.64. The molecule has 0 saturated carbocycles. The third-order valence-electron chi connectivity index (χ3n) is 2.57. The second-order valence-electron chi connectivity index (χ2n) is 4.11. The number of hydrogen-bond acceptors (Lipinski definition) is 5. The summed E-state index contributed by atoms with van der Waals surface area (Å²) in [4.78, 5) is 12.0. The summed E-state index contributed by atoms with van der Waals surface area (Å²) in [5.74, 6) is 0. The molecule has 0 bridgehead atoms. The largest absolute Gasteiger partial charge is 0.389 e. The second-order valence-corrected chi connectivity index (χ2v) is 5.23. The standard InChI is InChI=1S/C12H13N3O3S/c1-8(16)9-3-4-12(11(5-9)15(17)18)19-10-6-13-14(2)7-10/h3-8,16H,1-2H3/t8-/m1/s1. The van der Waals surface area contributed by atoms with E-state index in [0.717, 1.165) is 4.90 Å². The smallest absolute Gasteiger partial charge is 0.283 e. The Balaban J connectivity index is 2.36. The first-order valence-electron chi connectivity index (χ1n) is 5.60. The first-order chi connectivity index (χ1) is 8.97. The molecule has 0 spiro atoms. The molecule has 6 nitrogen and oxygen atoms in total. The Morgan fingerprint density at radius 1 is 1.53 bits per heavy atom. The normalized spacial score (nSPS) is 12.4. The van der Waals surface area contributed by atoms with Gasteiger partial charge in [0.25, 0.3) is 5.69 Å². The maximum Gasteiger partial charge on any atom is 0.283 e. The molecule has 0 fully saturated rings. The van der Waals surface area contributed by atoms with Gasteiger partial charge in [-0.3, -0.25) is 14.8 Å². The van der Waals surface area contributed by atoms with Gasteiger partial charge in [0.1, 0.15) is 0 Å². The molecule has 1 aromatic carbocycles. The monoisotopic (exact) mass is 279 g/mol. The van der Waals surface area contributed by atoms with Crippen LogP contribution >= 0.6 is 11.8 Å². The third-order valence-corrected chi connectivity index (χ3v) is 3.58. The number of nitro benzene ring substituents is 1. The van der Waals surface area contributed by atoms with Crippen molar-refractivity contribution in [1.82, 2.24) is 9.78 Å². The van der Waals surface area contributed by atoms with Gasteiger partial charge in [0.15, 0.2) is 0 Å². The van der Waals surface area contributed by atoms with Gasteiger partial charge in [-0.15, -0.1) is 0 Å². The number of aromatic nitrogens is 2. The highest BCUT2D eigenvalue weighted by Crippen LogP contribution is 2.35. The van der Waals surface area contributed by atoms with Gasteiger partial charge in [0, 0.05) is 19.3 Å². The van der Waals surface area contributed by atoms with Crippen LogP contribution in [0.1, 0.15) is 18.6 Å². The number of nitro groups is 1. The summed E-state index contributed by atoms with van der Waals surface area (Å²) in [5, 5.41) is 24.6. The van der Waals surface area contributed by atoms with Gasteiger partial charge in [-0.25, -0.2) is 0 Å². The van der Waals surface area contributed by atoms with Gasteiger partial charge in [0.2, 0.25) is 0 Å². The summed E-state index contributed by atoms with van der Waals surface area (Å²) in [6.45, 7) is 1.58. The number of aliphatic hydroxyl groups is 1. The van der Waals surface area contributed by atoms with E-state index >= 15 is 0 Å². The number of aliphatic hydroxyl groups excluding tert-OH is 1. The zero-order valence-corrected chi connectivity index (χ0v) is 11.3. The molecule has 2 aromatic rings. The summed E-state index contributed by atoms with van der Waals surface area (Å²) in [5.41, 5.74) is 0.523. The number of nitrogens with zero attached hydrogens (tertiary/aromatic N) is 3. The first-order valence-corrected chi connectivity index (χ1v) is 6.42. The lowest BCUT2D eigenvalue weighted by Gasteiger charge is -2.06. The fourth-order valence-corrected chi connectivity index (χ4v) is 2.53. The van der Waals surface area contributed by atoms with Crippen molar-refractivity contribution < 1.29 is 10.0 Å². The van der Waals surface area contributed by atoms with E-state index < -0.39 is 11.0 Å². The molecular weight excluding hydrogens is 266 g/mol. The van der Waals surface area contributed by atoms with Crippen molar-refractivity contribution in [3.8, 4) is 0 Å². The van der Waals surface area contributed by atoms with E-state index in [1.807, 2.05) is 0 Å². The Bertz CT molecular complexity index is 610. The van der Waals surface area contributed by atoms with Gasteiger partial charge in [-0.2, -0.15) is 5.10 Å². The van der Waals surface area contributed by atoms with E-state index in [1.165, 1.54) is 17.8 Å². The lowest BCUT2D eigenvalue weighted by Crippen LogP contribution is -1.96. The quantitative estimate of drug-likeness (QED) is 0.687. The molecule has 100 valence electrons. The van der Waals surface area contributed by atoms with Crippen LogP contribution in [0.5, 0.6) is 0 Å². The predicted octanol–water partition coefficient (Wildman–Crippen LogP) is 2.53. The molecule has 2 rings (SSSR count). The Labute approximate surface area is 114 Å². The highest BCUT2D eigenvalue weighted by atomic mass is 32.2. The Morgan fingerprint density at radius 3 is 2.79 bits per heavy atom. The molecule has 7 heteroatoms. The minimum Gasteiger partial charge on any atom is -0.389 e. The molecule has 1 atom stereocenters. The van der Waals surface area contributed by atoms with Gasteiger partial charge in [-0.05, 0) is 18.6 Å². The molecule has 0 aliphatic carbocycles. The van der Waals surface area contributed by atoms with E-state index in [2.05, 4.69) is 5.10 Å². The maximum absolute atomic E-state index is 11.1. The Hall–Kier alpha value is -1.86. The minimum absolute atomic E-state index is 0.00717.